The number of hydrogen-bond acceptors (Lipinski definition) is 2. The van der Waals surface area contributed by atoms with Crippen LogP contribution in [0.15, 0.2) is 23.2 Å². The Morgan fingerprint density at radius 2 is 2.00 bits per heavy atom. The van der Waals surface area contributed by atoms with Crippen molar-refractivity contribution >= 4 is 29.9 Å². The van der Waals surface area contributed by atoms with Crippen molar-refractivity contribution in [3.63, 3.8) is 0 Å². The number of nitrogens with one attached hydrogen (secondary N) is 2. The van der Waals surface area contributed by atoms with Gasteiger partial charge in [0.2, 0.25) is 0 Å². The maximum absolute atomic E-state index is 13.7. The third-order valence-corrected chi connectivity index (χ3v) is 4.07. The number of rotatable bonds is 7. The molecule has 4 nitrogen and oxygen atoms in total. The smallest absolute Gasteiger partial charge is 0.191 e. The highest BCUT2D eigenvalue weighted by Gasteiger charge is 2.32. The van der Waals surface area contributed by atoms with Crippen molar-refractivity contribution in [2.24, 2.45) is 10.9 Å². The van der Waals surface area contributed by atoms with Crippen LogP contribution >= 0.6 is 24.0 Å². The zero-order valence-electron chi connectivity index (χ0n) is 14.5. The molecule has 2 N–H and O–H groups in total. The highest BCUT2D eigenvalue weighted by atomic mass is 127. The van der Waals surface area contributed by atoms with Crippen LogP contribution in [0.2, 0.25) is 0 Å². The van der Waals surface area contributed by atoms with Gasteiger partial charge in [-0.25, -0.2) is 13.8 Å². The lowest BCUT2D eigenvalue weighted by Crippen LogP contribution is -2.46. The summed E-state index contributed by atoms with van der Waals surface area (Å²) in [5.41, 5.74) is 0.258. The van der Waals surface area contributed by atoms with Crippen LogP contribution in [0.1, 0.15) is 25.3 Å². The van der Waals surface area contributed by atoms with Crippen LogP contribution in [0.3, 0.4) is 0 Å². The molecule has 0 spiro atoms. The quantitative estimate of drug-likeness (QED) is 0.380. The topological polar surface area (TPSA) is 39.7 Å². The van der Waals surface area contributed by atoms with E-state index in [9.17, 15) is 8.78 Å². The number of guanidine groups is 1. The molecule has 0 amide bonds. The summed E-state index contributed by atoms with van der Waals surface area (Å²) in [6, 6.07) is 3.90. The molecule has 1 saturated carbocycles. The predicted molar refractivity (Wildman–Crippen MR) is 105 cm³/mol. The largest absolute Gasteiger partial charge is 0.357 e. The van der Waals surface area contributed by atoms with Gasteiger partial charge in [0.15, 0.2) is 5.96 Å². The van der Waals surface area contributed by atoms with E-state index >= 15 is 0 Å². The van der Waals surface area contributed by atoms with Crippen LogP contribution in [-0.4, -0.2) is 44.1 Å². The molecular formula is C17H27F2IN4. The van der Waals surface area contributed by atoms with Gasteiger partial charge in [0.25, 0.3) is 0 Å². The van der Waals surface area contributed by atoms with Crippen molar-refractivity contribution in [1.29, 1.82) is 0 Å². The maximum atomic E-state index is 13.7. The Hall–Kier alpha value is -0.960. The average molecular weight is 452 g/mol. The maximum Gasteiger partial charge on any atom is 0.191 e. The minimum absolute atomic E-state index is 0. The second-order valence-corrected chi connectivity index (χ2v) is 6.18. The van der Waals surface area contributed by atoms with E-state index in [1.807, 2.05) is 6.92 Å². The van der Waals surface area contributed by atoms with Gasteiger partial charge >= 0.3 is 0 Å². The molecule has 0 saturated heterocycles. The lowest BCUT2D eigenvalue weighted by atomic mass is 10.1. The lowest BCUT2D eigenvalue weighted by Gasteiger charge is -2.25. The number of benzene rings is 1. The van der Waals surface area contributed by atoms with Gasteiger partial charge in [-0.1, -0.05) is 0 Å². The molecule has 2 rings (SSSR count). The molecule has 1 atom stereocenters. The Kier molecular flexibility index (Phi) is 8.90. The van der Waals surface area contributed by atoms with Gasteiger partial charge in [0, 0.05) is 24.7 Å². The van der Waals surface area contributed by atoms with Crippen molar-refractivity contribution in [2.75, 3.05) is 27.2 Å². The first kappa shape index (κ1) is 21.1. The van der Waals surface area contributed by atoms with Crippen LogP contribution in [0.25, 0.3) is 0 Å². The number of aliphatic imine (C=N–C) groups is 1. The van der Waals surface area contributed by atoms with E-state index in [0.29, 0.717) is 18.5 Å². The first-order valence-electron chi connectivity index (χ1n) is 8.13. The molecule has 1 unspecified atom stereocenters. The average Bonchev–Trinajstić information content (AvgIpc) is 3.32. The monoisotopic (exact) mass is 452 g/mol. The third kappa shape index (κ3) is 6.51. The first-order valence-corrected chi connectivity index (χ1v) is 8.13. The molecule has 1 fully saturated rings. The summed E-state index contributed by atoms with van der Waals surface area (Å²) in [7, 11) is 4.16. The summed E-state index contributed by atoms with van der Waals surface area (Å²) in [6.45, 7) is 3.59. The highest BCUT2D eigenvalue weighted by Crippen LogP contribution is 2.34. The number of likely N-dealkylation sites (N-methyl/N-ethyl adjacent to an activating group) is 1. The summed E-state index contributed by atoms with van der Waals surface area (Å²) in [4.78, 5) is 6.59. The molecule has 0 aliphatic heterocycles. The molecule has 0 bridgehead atoms. The second kappa shape index (κ2) is 10.1. The fraction of sp³-hybridized carbons (Fsp3) is 0.588. The van der Waals surface area contributed by atoms with Crippen molar-refractivity contribution in [1.82, 2.24) is 15.5 Å². The minimum atomic E-state index is -0.448. The zero-order chi connectivity index (χ0) is 16.8. The SMILES string of the molecule is CCNC(=NCc1cc(F)ccc1F)NCC(C1CC1)N(C)C.I. The molecule has 1 aromatic carbocycles. The summed E-state index contributed by atoms with van der Waals surface area (Å²) in [5, 5.41) is 6.45. The standard InChI is InChI=1S/C17H26F2N4.HI/c1-4-20-17(22-11-16(23(2)3)12-5-6-12)21-10-13-9-14(18)7-8-15(13)19;/h7-9,12,16H,4-6,10-11H2,1-3H3,(H2,20,21,22);1H. The summed E-state index contributed by atoms with van der Waals surface area (Å²) < 4.78 is 26.9. The molecule has 24 heavy (non-hydrogen) atoms. The van der Waals surface area contributed by atoms with Crippen LogP contribution in [0, 0.1) is 17.6 Å². The second-order valence-electron chi connectivity index (χ2n) is 6.18. The number of hydrogen-bond donors (Lipinski definition) is 2. The van der Waals surface area contributed by atoms with Gasteiger partial charge in [-0.05, 0) is 58.0 Å². The van der Waals surface area contributed by atoms with E-state index < -0.39 is 11.6 Å². The van der Waals surface area contributed by atoms with Crippen molar-refractivity contribution in [2.45, 2.75) is 32.4 Å². The van der Waals surface area contributed by atoms with Crippen LogP contribution < -0.4 is 10.6 Å². The van der Waals surface area contributed by atoms with Gasteiger partial charge in [-0.2, -0.15) is 0 Å². The number of halogens is 3. The van der Waals surface area contributed by atoms with Gasteiger partial charge in [0.1, 0.15) is 11.6 Å². The Morgan fingerprint density at radius 1 is 1.29 bits per heavy atom. The summed E-state index contributed by atoms with van der Waals surface area (Å²) in [5.74, 6) is 0.482. The van der Waals surface area contributed by atoms with Crippen LogP contribution in [-0.2, 0) is 6.54 Å². The molecule has 0 heterocycles. The first-order chi connectivity index (χ1) is 11.0. The van der Waals surface area contributed by atoms with Gasteiger partial charge < -0.3 is 15.5 Å². The fourth-order valence-electron chi connectivity index (χ4n) is 2.62. The van der Waals surface area contributed by atoms with Crippen molar-refractivity contribution < 1.29 is 8.78 Å². The van der Waals surface area contributed by atoms with Gasteiger partial charge in [-0.3, -0.25) is 0 Å². The molecule has 1 aromatic rings. The molecule has 1 aliphatic rings. The van der Waals surface area contributed by atoms with Crippen LogP contribution in [0.4, 0.5) is 8.78 Å². The van der Waals surface area contributed by atoms with E-state index in [4.69, 9.17) is 0 Å². The predicted octanol–water partition coefficient (Wildman–Crippen LogP) is 2.98. The highest BCUT2D eigenvalue weighted by molar-refractivity contribution is 14.0. The van der Waals surface area contributed by atoms with E-state index in [2.05, 4.69) is 34.6 Å². The minimum Gasteiger partial charge on any atom is -0.357 e. The van der Waals surface area contributed by atoms with Crippen LogP contribution in [0.5, 0.6) is 0 Å². The molecule has 1 aliphatic carbocycles. The van der Waals surface area contributed by atoms with E-state index in [1.54, 1.807) is 0 Å². The molecule has 136 valence electrons. The summed E-state index contributed by atoms with van der Waals surface area (Å²) in [6.07, 6.45) is 2.54. The molecular weight excluding hydrogens is 425 g/mol. The zero-order valence-corrected chi connectivity index (χ0v) is 16.8. The van der Waals surface area contributed by atoms with Crippen molar-refractivity contribution in [3.05, 3.63) is 35.4 Å². The Bertz CT molecular complexity index is 545. The fourth-order valence-corrected chi connectivity index (χ4v) is 2.62. The Labute approximate surface area is 160 Å². The normalized spacial score (nSPS) is 15.8. The molecule has 7 heteroatoms. The van der Waals surface area contributed by atoms with Gasteiger partial charge in [-0.15, -0.1) is 24.0 Å². The van der Waals surface area contributed by atoms with E-state index in [0.717, 1.165) is 24.6 Å². The van der Waals surface area contributed by atoms with Gasteiger partial charge in [0.05, 0.1) is 6.54 Å². The lowest BCUT2D eigenvalue weighted by molar-refractivity contribution is 0.264. The Morgan fingerprint density at radius 3 is 2.58 bits per heavy atom. The molecule has 0 aromatic heterocycles. The molecule has 0 radical (unpaired) electrons. The number of nitrogens with zero attached hydrogens (tertiary/aromatic N) is 2. The van der Waals surface area contributed by atoms with E-state index in [1.165, 1.54) is 18.9 Å². The Balaban J connectivity index is 0.00000288. The van der Waals surface area contributed by atoms with E-state index in [-0.39, 0.29) is 36.1 Å². The summed E-state index contributed by atoms with van der Waals surface area (Å²) >= 11 is 0. The third-order valence-electron chi connectivity index (χ3n) is 4.07. The van der Waals surface area contributed by atoms with Crippen molar-refractivity contribution in [3.8, 4) is 0 Å².